The molecule has 0 amide bonds. The van der Waals surface area contributed by atoms with E-state index in [1.54, 1.807) is 0 Å². The fraction of sp³-hybridized carbons (Fsp3) is 0. The first-order valence-corrected chi connectivity index (χ1v) is 4.04. The summed E-state index contributed by atoms with van der Waals surface area (Å²) in [4.78, 5) is 31.1. The fourth-order valence-corrected chi connectivity index (χ4v) is 0.856. The first kappa shape index (κ1) is 12.6. The summed E-state index contributed by atoms with van der Waals surface area (Å²) in [7, 11) is -7.64. The third-order valence-electron chi connectivity index (χ3n) is 0.179. The van der Waals surface area contributed by atoms with Gasteiger partial charge in [-0.2, -0.15) is 0 Å². The minimum atomic E-state index is -4.69. The molecule has 0 unspecified atom stereocenters. The first-order valence-electron chi connectivity index (χ1n) is 1.35. The van der Waals surface area contributed by atoms with Crippen molar-refractivity contribution in [1.82, 2.24) is 0 Å². The van der Waals surface area contributed by atoms with Crippen LogP contribution in [0.15, 0.2) is 0 Å². The second-order valence-corrected chi connectivity index (χ2v) is 2.96. The molecule has 0 radical (unpaired) electrons. The van der Waals surface area contributed by atoms with Gasteiger partial charge in [-0.25, -0.2) is 8.88 Å². The summed E-state index contributed by atoms with van der Waals surface area (Å²) in [5.74, 6) is 0. The van der Waals surface area contributed by atoms with Crippen LogP contribution in [-0.4, -0.2) is 36.9 Å². The van der Waals surface area contributed by atoms with Gasteiger partial charge in [0.05, 0.1) is 0 Å². The molecule has 9 heavy (non-hydrogen) atoms. The Balaban J connectivity index is 0. The zero-order valence-corrected chi connectivity index (χ0v) is 5.29. The minimum Gasteiger partial charge on any atom is -0.328 e. The topological polar surface area (TPSA) is 107 Å². The first-order chi connectivity index (χ1) is 3.42. The summed E-state index contributed by atoms with van der Waals surface area (Å²) in [5.41, 5.74) is 0. The molecule has 4 N–H and O–H groups in total. The SMILES string of the molecule is O=P(O)(O)OP(O)O.[AlH3]. The van der Waals surface area contributed by atoms with Gasteiger partial charge in [-0.3, -0.25) is 0 Å². The van der Waals surface area contributed by atoms with E-state index in [1.807, 2.05) is 0 Å². The Morgan fingerprint density at radius 3 is 1.67 bits per heavy atom. The second kappa shape index (κ2) is 4.75. The Morgan fingerprint density at radius 2 is 1.67 bits per heavy atom. The van der Waals surface area contributed by atoms with Crippen LogP contribution in [-0.2, 0) is 8.88 Å². The van der Waals surface area contributed by atoms with Gasteiger partial charge >= 0.3 is 16.4 Å². The van der Waals surface area contributed by atoms with Gasteiger partial charge in [-0.15, -0.1) is 0 Å². The lowest BCUT2D eigenvalue weighted by Gasteiger charge is -2.02. The summed E-state index contributed by atoms with van der Waals surface area (Å²) in [6, 6.07) is 0. The van der Waals surface area contributed by atoms with E-state index in [2.05, 4.69) is 4.31 Å². The number of hydrogen-bond acceptors (Lipinski definition) is 4. The Kier molecular flexibility index (Phi) is 6.68. The van der Waals surface area contributed by atoms with Crippen molar-refractivity contribution in [2.24, 2.45) is 0 Å². The van der Waals surface area contributed by atoms with E-state index in [-0.39, 0.29) is 17.4 Å². The Morgan fingerprint density at radius 1 is 1.33 bits per heavy atom. The smallest absolute Gasteiger partial charge is 0.328 e. The maximum Gasteiger partial charge on any atom is 0.476 e. The van der Waals surface area contributed by atoms with Crippen molar-refractivity contribution < 1.29 is 28.4 Å². The van der Waals surface area contributed by atoms with Crippen molar-refractivity contribution in [3.8, 4) is 0 Å². The van der Waals surface area contributed by atoms with Crippen molar-refractivity contribution in [2.75, 3.05) is 0 Å². The molecule has 0 rings (SSSR count). The summed E-state index contributed by atoms with van der Waals surface area (Å²) in [5, 5.41) is 0. The molecule has 0 aliphatic carbocycles. The normalized spacial score (nSPS) is 11.2. The number of phosphoric acid groups is 1. The Hall–Kier alpha value is 0.992. The standard InChI is InChI=1S/Al.H4O6P2.3H/c;1-7(2)6-8(3,4)5;;;/h;1-2H,(H2,3,4,5);;;. The molecule has 0 heterocycles. The van der Waals surface area contributed by atoms with Crippen LogP contribution in [0, 0.1) is 0 Å². The van der Waals surface area contributed by atoms with Gasteiger partial charge in [0.25, 0.3) is 0 Å². The molecule has 6 nitrogen and oxygen atoms in total. The highest BCUT2D eigenvalue weighted by Crippen LogP contribution is 2.48. The van der Waals surface area contributed by atoms with Gasteiger partial charge in [0.2, 0.25) is 0 Å². The lowest BCUT2D eigenvalue weighted by Crippen LogP contribution is -1.79. The van der Waals surface area contributed by atoms with E-state index < -0.39 is 16.4 Å². The summed E-state index contributed by atoms with van der Waals surface area (Å²) in [6.45, 7) is 0. The van der Waals surface area contributed by atoms with Crippen LogP contribution in [0.4, 0.5) is 0 Å². The van der Waals surface area contributed by atoms with Gasteiger partial charge in [-0.1, -0.05) is 0 Å². The zero-order chi connectivity index (χ0) is 6.78. The third kappa shape index (κ3) is 12.2. The summed E-state index contributed by atoms with van der Waals surface area (Å²) >= 11 is 0. The second-order valence-electron chi connectivity index (χ2n) is 0.825. The van der Waals surface area contributed by atoms with Crippen LogP contribution >= 0.6 is 16.4 Å². The van der Waals surface area contributed by atoms with Crippen LogP contribution in [0.25, 0.3) is 0 Å². The molecule has 0 saturated heterocycles. The quantitative estimate of drug-likeness (QED) is 0.301. The highest BCUT2D eigenvalue weighted by molar-refractivity contribution is 7.57. The Bertz CT molecular complexity index is 104. The molecule has 0 saturated carbocycles. The van der Waals surface area contributed by atoms with Gasteiger partial charge in [0, 0.05) is 0 Å². The molecule has 0 bridgehead atoms. The molecule has 0 aromatic rings. The van der Waals surface area contributed by atoms with Crippen LogP contribution in [0.5, 0.6) is 0 Å². The highest BCUT2D eigenvalue weighted by Gasteiger charge is 2.19. The van der Waals surface area contributed by atoms with Crippen LogP contribution in [0.2, 0.25) is 0 Å². The van der Waals surface area contributed by atoms with Crippen molar-refractivity contribution in [1.29, 1.82) is 0 Å². The minimum absolute atomic E-state index is 0. The lowest BCUT2D eigenvalue weighted by atomic mass is 15.7. The van der Waals surface area contributed by atoms with Crippen molar-refractivity contribution in [3.63, 3.8) is 0 Å². The maximum atomic E-state index is 9.61. The molecule has 56 valence electrons. The maximum absolute atomic E-state index is 9.61. The molecule has 0 aliphatic rings. The van der Waals surface area contributed by atoms with Crippen molar-refractivity contribution in [3.05, 3.63) is 0 Å². The average molecular weight is 192 g/mol. The van der Waals surface area contributed by atoms with Crippen molar-refractivity contribution in [2.45, 2.75) is 0 Å². The van der Waals surface area contributed by atoms with Crippen molar-refractivity contribution >= 4 is 33.8 Å². The highest BCUT2D eigenvalue weighted by atomic mass is 31.3. The van der Waals surface area contributed by atoms with Crippen LogP contribution in [0.1, 0.15) is 0 Å². The predicted octanol–water partition coefficient (Wildman–Crippen LogP) is -1.88. The molecule has 0 aliphatic heterocycles. The molecule has 0 aromatic carbocycles. The zero-order valence-electron chi connectivity index (χ0n) is 3.50. The lowest BCUT2D eigenvalue weighted by molar-refractivity contribution is 0.261. The molecule has 0 aromatic heterocycles. The largest absolute Gasteiger partial charge is 0.476 e. The van der Waals surface area contributed by atoms with Gasteiger partial charge < -0.3 is 19.6 Å². The number of hydrogen-bond donors (Lipinski definition) is 4. The molecular weight excluding hydrogens is 185 g/mol. The van der Waals surface area contributed by atoms with Gasteiger partial charge in [0.1, 0.15) is 0 Å². The van der Waals surface area contributed by atoms with E-state index in [0.717, 1.165) is 0 Å². The predicted molar refractivity (Wildman–Crippen MR) is 34.4 cm³/mol. The van der Waals surface area contributed by atoms with E-state index >= 15 is 0 Å². The molecule has 0 spiro atoms. The van der Waals surface area contributed by atoms with Gasteiger partial charge in [-0.05, 0) is 0 Å². The fourth-order valence-electron chi connectivity index (χ4n) is 0.0951. The van der Waals surface area contributed by atoms with E-state index in [0.29, 0.717) is 0 Å². The average Bonchev–Trinajstić information content (AvgIpc) is 1.21. The summed E-state index contributed by atoms with van der Waals surface area (Å²) < 4.78 is 12.9. The molecule has 0 fully saturated rings. The molecule has 0 atom stereocenters. The summed E-state index contributed by atoms with van der Waals surface area (Å²) in [6.07, 6.45) is 0. The molecular formula is H7AlO6P2. The molecule has 9 heteroatoms. The number of rotatable bonds is 2. The third-order valence-corrected chi connectivity index (χ3v) is 1.61. The van der Waals surface area contributed by atoms with Crippen LogP contribution in [0.3, 0.4) is 0 Å². The van der Waals surface area contributed by atoms with Crippen LogP contribution < -0.4 is 0 Å². The van der Waals surface area contributed by atoms with E-state index in [1.165, 1.54) is 0 Å². The van der Waals surface area contributed by atoms with Gasteiger partial charge in [0.15, 0.2) is 17.4 Å². The van der Waals surface area contributed by atoms with E-state index in [9.17, 15) is 4.57 Å². The monoisotopic (exact) mass is 192 g/mol. The Labute approximate surface area is 62.8 Å². The van der Waals surface area contributed by atoms with E-state index in [4.69, 9.17) is 19.6 Å².